The Balaban J connectivity index is 2.48. The summed E-state index contributed by atoms with van der Waals surface area (Å²) >= 11 is 0. The van der Waals surface area contributed by atoms with Gasteiger partial charge in [0.2, 0.25) is 11.8 Å². The highest BCUT2D eigenvalue weighted by Gasteiger charge is 2.07. The van der Waals surface area contributed by atoms with Gasteiger partial charge in [-0.3, -0.25) is 4.79 Å². The number of ether oxygens (including phenoxy) is 2. The number of hydrogen-bond acceptors (Lipinski definition) is 6. The number of nitrogens with one attached hydrogen (secondary N) is 2. The number of carbonyl (C=O) groups is 1. The van der Waals surface area contributed by atoms with Crippen molar-refractivity contribution in [3.63, 3.8) is 0 Å². The van der Waals surface area contributed by atoms with Crippen LogP contribution in [0.15, 0.2) is 12.1 Å². The maximum atomic E-state index is 11.5. The van der Waals surface area contributed by atoms with Gasteiger partial charge in [0.25, 0.3) is 0 Å². The molecule has 1 rings (SSSR count). The van der Waals surface area contributed by atoms with E-state index in [1.54, 1.807) is 19.2 Å². The Morgan fingerprint density at radius 3 is 2.86 bits per heavy atom. The van der Waals surface area contributed by atoms with Gasteiger partial charge < -0.3 is 25.8 Å². The standard InChI is InChI=1S/C14H24N4O3/c1-10(2)9-21-14-11(15)4-5-12(18-14)17-8-13(19)16-6-7-20-3/h4-5,10H,6-9,15H2,1-3H3,(H,16,19)(H,17,18). The molecule has 118 valence electrons. The SMILES string of the molecule is COCCNC(=O)CNc1ccc(N)c(OCC(C)C)n1. The van der Waals surface area contributed by atoms with E-state index < -0.39 is 0 Å². The van der Waals surface area contributed by atoms with Crippen LogP contribution in [0.1, 0.15) is 13.8 Å². The van der Waals surface area contributed by atoms with E-state index in [2.05, 4.69) is 15.6 Å². The lowest BCUT2D eigenvalue weighted by molar-refractivity contribution is -0.119. The first-order chi connectivity index (χ1) is 10.0. The summed E-state index contributed by atoms with van der Waals surface area (Å²) in [6, 6.07) is 3.41. The monoisotopic (exact) mass is 296 g/mol. The molecule has 4 N–H and O–H groups in total. The van der Waals surface area contributed by atoms with Crippen LogP contribution < -0.4 is 21.1 Å². The van der Waals surface area contributed by atoms with Crippen molar-refractivity contribution in [2.45, 2.75) is 13.8 Å². The third kappa shape index (κ3) is 6.80. The molecule has 7 heteroatoms. The molecule has 0 spiro atoms. The molecule has 1 aromatic rings. The van der Waals surface area contributed by atoms with Crippen LogP contribution >= 0.6 is 0 Å². The molecule has 0 aliphatic rings. The molecule has 21 heavy (non-hydrogen) atoms. The zero-order chi connectivity index (χ0) is 15.7. The third-order valence-electron chi connectivity index (χ3n) is 2.50. The Kier molecular flexibility index (Phi) is 7.31. The van der Waals surface area contributed by atoms with Gasteiger partial charge in [-0.05, 0) is 18.1 Å². The Hall–Kier alpha value is -2.02. The highest BCUT2D eigenvalue weighted by Crippen LogP contribution is 2.21. The number of methoxy groups -OCH3 is 1. The molecule has 0 radical (unpaired) electrons. The van der Waals surface area contributed by atoms with E-state index in [0.717, 1.165) is 0 Å². The van der Waals surface area contributed by atoms with Crippen LogP contribution in [0, 0.1) is 5.92 Å². The maximum Gasteiger partial charge on any atom is 0.239 e. The molecular formula is C14H24N4O3. The summed E-state index contributed by atoms with van der Waals surface area (Å²) in [5.74, 6) is 1.18. The fourth-order valence-corrected chi connectivity index (χ4v) is 1.44. The Morgan fingerprint density at radius 2 is 2.19 bits per heavy atom. The van der Waals surface area contributed by atoms with Crippen LogP contribution in [0.4, 0.5) is 11.5 Å². The number of nitrogen functional groups attached to an aromatic ring is 1. The summed E-state index contributed by atoms with van der Waals surface area (Å²) in [5, 5.41) is 5.64. The minimum absolute atomic E-state index is 0.129. The number of hydrogen-bond donors (Lipinski definition) is 3. The first kappa shape index (κ1) is 17.0. The van der Waals surface area contributed by atoms with Gasteiger partial charge in [0.1, 0.15) is 5.82 Å². The molecule has 0 saturated heterocycles. The highest BCUT2D eigenvalue weighted by molar-refractivity contribution is 5.80. The van der Waals surface area contributed by atoms with Gasteiger partial charge in [-0.15, -0.1) is 0 Å². The first-order valence-corrected chi connectivity index (χ1v) is 6.91. The summed E-state index contributed by atoms with van der Waals surface area (Å²) in [6.07, 6.45) is 0. The van der Waals surface area contributed by atoms with E-state index in [1.165, 1.54) is 0 Å². The number of anilines is 2. The molecule has 1 heterocycles. The van der Waals surface area contributed by atoms with Crippen LogP contribution in [0.25, 0.3) is 0 Å². The lowest BCUT2D eigenvalue weighted by Gasteiger charge is -2.12. The molecule has 1 aromatic heterocycles. The number of amides is 1. The predicted molar refractivity (Wildman–Crippen MR) is 82.4 cm³/mol. The van der Waals surface area contributed by atoms with Crippen LogP contribution in [0.3, 0.4) is 0 Å². The van der Waals surface area contributed by atoms with Crippen LogP contribution in [-0.2, 0) is 9.53 Å². The van der Waals surface area contributed by atoms with Crippen LogP contribution in [-0.4, -0.2) is 44.3 Å². The van der Waals surface area contributed by atoms with Crippen molar-refractivity contribution in [1.29, 1.82) is 0 Å². The quantitative estimate of drug-likeness (QED) is 0.585. The number of nitrogens with zero attached hydrogens (tertiary/aromatic N) is 1. The minimum atomic E-state index is -0.129. The van der Waals surface area contributed by atoms with Gasteiger partial charge in [-0.1, -0.05) is 13.8 Å². The number of rotatable bonds is 9. The van der Waals surface area contributed by atoms with Crippen molar-refractivity contribution >= 4 is 17.4 Å². The van der Waals surface area contributed by atoms with Crippen molar-refractivity contribution in [3.8, 4) is 5.88 Å². The molecule has 0 bridgehead atoms. The van der Waals surface area contributed by atoms with Crippen LogP contribution in [0.5, 0.6) is 5.88 Å². The first-order valence-electron chi connectivity index (χ1n) is 6.91. The second-order valence-electron chi connectivity index (χ2n) is 4.99. The fraction of sp³-hybridized carbons (Fsp3) is 0.571. The fourth-order valence-electron chi connectivity index (χ4n) is 1.44. The molecule has 0 unspecified atom stereocenters. The van der Waals surface area contributed by atoms with E-state index in [4.69, 9.17) is 15.2 Å². The van der Waals surface area contributed by atoms with Crippen LogP contribution in [0.2, 0.25) is 0 Å². The summed E-state index contributed by atoms with van der Waals surface area (Å²) in [6.45, 7) is 5.72. The van der Waals surface area contributed by atoms with Gasteiger partial charge in [0, 0.05) is 13.7 Å². The summed E-state index contributed by atoms with van der Waals surface area (Å²) in [4.78, 5) is 15.8. The molecule has 0 aliphatic heterocycles. The normalized spacial score (nSPS) is 10.5. The van der Waals surface area contributed by atoms with E-state index in [9.17, 15) is 4.79 Å². The number of nitrogens with two attached hydrogens (primary N) is 1. The topological polar surface area (TPSA) is 98.5 Å². The van der Waals surface area contributed by atoms with E-state index in [0.29, 0.717) is 43.1 Å². The van der Waals surface area contributed by atoms with Crippen molar-refractivity contribution in [2.75, 3.05) is 44.5 Å². The molecule has 0 aromatic carbocycles. The van der Waals surface area contributed by atoms with E-state index >= 15 is 0 Å². The predicted octanol–water partition coefficient (Wildman–Crippen LogP) is 0.873. The summed E-state index contributed by atoms with van der Waals surface area (Å²) < 4.78 is 10.4. The Labute approximate surface area is 125 Å². The van der Waals surface area contributed by atoms with Gasteiger partial charge in [0.05, 0.1) is 25.4 Å². The number of pyridine rings is 1. The molecule has 7 nitrogen and oxygen atoms in total. The lowest BCUT2D eigenvalue weighted by atomic mass is 10.2. The molecule has 0 aliphatic carbocycles. The minimum Gasteiger partial charge on any atom is -0.476 e. The zero-order valence-electron chi connectivity index (χ0n) is 12.8. The average Bonchev–Trinajstić information content (AvgIpc) is 2.45. The molecule has 1 amide bonds. The van der Waals surface area contributed by atoms with Gasteiger partial charge >= 0.3 is 0 Å². The zero-order valence-corrected chi connectivity index (χ0v) is 12.8. The second-order valence-corrected chi connectivity index (χ2v) is 4.99. The van der Waals surface area contributed by atoms with E-state index in [-0.39, 0.29) is 12.5 Å². The molecule has 0 fully saturated rings. The van der Waals surface area contributed by atoms with Crippen molar-refractivity contribution < 1.29 is 14.3 Å². The molecule has 0 saturated carbocycles. The number of carbonyl (C=O) groups excluding carboxylic acids is 1. The second kappa shape index (κ2) is 9.02. The summed E-state index contributed by atoms with van der Waals surface area (Å²) in [5.41, 5.74) is 6.28. The summed E-state index contributed by atoms with van der Waals surface area (Å²) in [7, 11) is 1.58. The number of aromatic nitrogens is 1. The van der Waals surface area contributed by atoms with Gasteiger partial charge in [-0.25, -0.2) is 0 Å². The van der Waals surface area contributed by atoms with E-state index in [1.807, 2.05) is 13.8 Å². The average molecular weight is 296 g/mol. The lowest BCUT2D eigenvalue weighted by Crippen LogP contribution is -2.32. The van der Waals surface area contributed by atoms with Gasteiger partial charge in [0.15, 0.2) is 0 Å². The van der Waals surface area contributed by atoms with Crippen molar-refractivity contribution in [3.05, 3.63) is 12.1 Å². The largest absolute Gasteiger partial charge is 0.476 e. The third-order valence-corrected chi connectivity index (χ3v) is 2.50. The van der Waals surface area contributed by atoms with Crippen molar-refractivity contribution in [2.24, 2.45) is 5.92 Å². The Morgan fingerprint density at radius 1 is 1.43 bits per heavy atom. The molecular weight excluding hydrogens is 272 g/mol. The van der Waals surface area contributed by atoms with Gasteiger partial charge in [-0.2, -0.15) is 4.98 Å². The maximum absolute atomic E-state index is 11.5. The highest BCUT2D eigenvalue weighted by atomic mass is 16.5. The Bertz CT molecular complexity index is 452. The van der Waals surface area contributed by atoms with Crippen molar-refractivity contribution in [1.82, 2.24) is 10.3 Å². The smallest absolute Gasteiger partial charge is 0.239 e. The molecule has 0 atom stereocenters.